The minimum absolute atomic E-state index is 0.544. The van der Waals surface area contributed by atoms with Crippen molar-refractivity contribution in [3.05, 3.63) is 59.9 Å². The van der Waals surface area contributed by atoms with Crippen LogP contribution in [-0.4, -0.2) is 28.3 Å². The summed E-state index contributed by atoms with van der Waals surface area (Å²) in [4.78, 5) is 15.2. The van der Waals surface area contributed by atoms with Crippen LogP contribution in [0.5, 0.6) is 5.75 Å². The second kappa shape index (κ2) is 6.89. The molecule has 0 aliphatic carbocycles. The summed E-state index contributed by atoms with van der Waals surface area (Å²) >= 11 is 0. The van der Waals surface area contributed by atoms with Crippen LogP contribution in [0.25, 0.3) is 0 Å². The monoisotopic (exact) mass is 310 g/mol. The molecule has 2 heterocycles. The molecule has 2 unspecified atom stereocenters. The summed E-state index contributed by atoms with van der Waals surface area (Å²) < 4.78 is 5.59. The molecule has 1 fully saturated rings. The van der Waals surface area contributed by atoms with Gasteiger partial charge >= 0.3 is 5.97 Å². The van der Waals surface area contributed by atoms with Gasteiger partial charge in [-0.05, 0) is 42.3 Å². The van der Waals surface area contributed by atoms with Gasteiger partial charge in [-0.2, -0.15) is 5.53 Å². The molecular formula is C16H14N4O3. The fourth-order valence-corrected chi connectivity index (χ4v) is 1.97. The van der Waals surface area contributed by atoms with Crippen LogP contribution >= 0.6 is 0 Å². The number of nitrogens with zero attached hydrogens (tertiary/aromatic N) is 1. The number of aliphatic carboxylic acids is 1. The number of pyridine rings is 1. The number of hydrogen-bond acceptors (Lipinski definition) is 6. The molecule has 2 atom stereocenters. The second-order valence-corrected chi connectivity index (χ2v) is 4.76. The molecular weight excluding hydrogens is 296 g/mol. The molecule has 7 heteroatoms. The van der Waals surface area contributed by atoms with E-state index >= 15 is 0 Å². The van der Waals surface area contributed by atoms with Gasteiger partial charge in [-0.15, -0.1) is 0 Å². The minimum Gasteiger partial charge on any atom is -0.480 e. The van der Waals surface area contributed by atoms with Crippen molar-refractivity contribution in [3.8, 4) is 17.6 Å². The maximum Gasteiger partial charge on any atom is 0.327 e. The van der Waals surface area contributed by atoms with E-state index in [1.807, 2.05) is 18.2 Å². The van der Waals surface area contributed by atoms with Crippen molar-refractivity contribution < 1.29 is 14.6 Å². The van der Waals surface area contributed by atoms with Crippen molar-refractivity contribution in [1.29, 1.82) is 0 Å². The van der Waals surface area contributed by atoms with Crippen LogP contribution in [0.2, 0.25) is 0 Å². The lowest BCUT2D eigenvalue weighted by Gasteiger charge is -2.16. The molecule has 1 aromatic heterocycles. The molecule has 0 saturated carbocycles. The van der Waals surface area contributed by atoms with E-state index in [-0.39, 0.29) is 0 Å². The number of hydrazine groups is 2. The molecule has 0 amide bonds. The summed E-state index contributed by atoms with van der Waals surface area (Å²) in [5.41, 5.74) is 9.31. The quantitative estimate of drug-likeness (QED) is 0.604. The lowest BCUT2D eigenvalue weighted by molar-refractivity contribution is -0.141. The average molecular weight is 310 g/mol. The average Bonchev–Trinajstić information content (AvgIpc) is 3.04. The zero-order valence-electron chi connectivity index (χ0n) is 12.0. The highest BCUT2D eigenvalue weighted by Crippen LogP contribution is 2.14. The summed E-state index contributed by atoms with van der Waals surface area (Å²) in [6.45, 7) is 0. The number of ether oxygens (including phenoxy) is 1. The van der Waals surface area contributed by atoms with Crippen LogP contribution in [0, 0.1) is 11.8 Å². The molecule has 7 nitrogen and oxygen atoms in total. The van der Waals surface area contributed by atoms with E-state index in [4.69, 9.17) is 9.84 Å². The topological polar surface area (TPSA) is 95.5 Å². The molecule has 0 radical (unpaired) electrons. The Kier molecular flexibility index (Phi) is 4.49. The first-order chi connectivity index (χ1) is 11.2. The van der Waals surface area contributed by atoms with Crippen molar-refractivity contribution in [3.63, 3.8) is 0 Å². The van der Waals surface area contributed by atoms with Crippen LogP contribution in [0.4, 0.5) is 0 Å². The van der Waals surface area contributed by atoms with Gasteiger partial charge in [0.25, 0.3) is 0 Å². The first kappa shape index (κ1) is 15.0. The minimum atomic E-state index is -1.01. The fraction of sp³-hybridized carbons (Fsp3) is 0.125. The maximum atomic E-state index is 11.0. The van der Waals surface area contributed by atoms with Gasteiger partial charge in [-0.25, -0.2) is 15.8 Å². The Morgan fingerprint density at radius 3 is 2.65 bits per heavy atom. The Morgan fingerprint density at radius 2 is 1.96 bits per heavy atom. The van der Waals surface area contributed by atoms with E-state index in [0.717, 1.165) is 5.56 Å². The fourth-order valence-electron chi connectivity index (χ4n) is 1.97. The molecule has 4 N–H and O–H groups in total. The van der Waals surface area contributed by atoms with Crippen LogP contribution in [-0.2, 0) is 4.79 Å². The Morgan fingerprint density at radius 1 is 1.13 bits per heavy atom. The third kappa shape index (κ3) is 3.84. The summed E-state index contributed by atoms with van der Waals surface area (Å²) in [5, 5.41) is 9.04. The predicted molar refractivity (Wildman–Crippen MR) is 81.9 cm³/mol. The summed E-state index contributed by atoms with van der Waals surface area (Å²) in [6.07, 6.45) is 0.981. The Bertz CT molecular complexity index is 737. The Balaban J connectivity index is 1.66. The van der Waals surface area contributed by atoms with Gasteiger partial charge in [0.2, 0.25) is 0 Å². The number of nitrogens with one attached hydrogen (secondary N) is 3. The molecule has 1 aromatic carbocycles. The lowest BCUT2D eigenvalue weighted by atomic mass is 10.2. The van der Waals surface area contributed by atoms with Crippen LogP contribution in [0.3, 0.4) is 0 Å². The normalized spacial score (nSPS) is 19.7. The molecule has 3 rings (SSSR count). The standard InChI is InChI=1S/C16H14N4O3/c21-16(22)14-15(19-20-18-14)23-13-8-5-11(6-9-13)4-7-12-3-1-2-10-17-12/h1-3,5-6,8-10,14-15,18-20H,(H,21,22). The van der Waals surface area contributed by atoms with E-state index in [9.17, 15) is 4.79 Å². The van der Waals surface area contributed by atoms with Crippen molar-refractivity contribution in [2.24, 2.45) is 0 Å². The number of rotatable bonds is 3. The smallest absolute Gasteiger partial charge is 0.327 e. The Hall–Kier alpha value is -2.92. The van der Waals surface area contributed by atoms with E-state index in [2.05, 4.69) is 33.2 Å². The second-order valence-electron chi connectivity index (χ2n) is 4.76. The maximum absolute atomic E-state index is 11.0. The lowest BCUT2D eigenvalue weighted by Crippen LogP contribution is -2.44. The first-order valence-corrected chi connectivity index (χ1v) is 6.91. The van der Waals surface area contributed by atoms with Gasteiger partial charge in [-0.1, -0.05) is 12.0 Å². The summed E-state index contributed by atoms with van der Waals surface area (Å²) in [7, 11) is 0. The molecule has 2 aromatic rings. The third-order valence-electron chi connectivity index (χ3n) is 3.13. The SMILES string of the molecule is O=C(O)C1NNNC1Oc1ccc(C#Cc2ccccn2)cc1. The van der Waals surface area contributed by atoms with Gasteiger partial charge in [0.1, 0.15) is 11.4 Å². The van der Waals surface area contributed by atoms with E-state index in [1.54, 1.807) is 30.5 Å². The van der Waals surface area contributed by atoms with Crippen molar-refractivity contribution in [2.75, 3.05) is 0 Å². The Labute approximate surface area is 132 Å². The number of carboxylic acid groups (broad SMARTS) is 1. The largest absolute Gasteiger partial charge is 0.480 e. The molecule has 23 heavy (non-hydrogen) atoms. The number of benzene rings is 1. The van der Waals surface area contributed by atoms with Gasteiger partial charge in [0, 0.05) is 11.8 Å². The third-order valence-corrected chi connectivity index (χ3v) is 3.13. The van der Waals surface area contributed by atoms with E-state index in [0.29, 0.717) is 11.4 Å². The van der Waals surface area contributed by atoms with Crippen molar-refractivity contribution in [1.82, 2.24) is 21.4 Å². The zero-order valence-corrected chi connectivity index (χ0v) is 12.0. The predicted octanol–water partition coefficient (Wildman–Crippen LogP) is 0.252. The highest BCUT2D eigenvalue weighted by molar-refractivity contribution is 5.74. The van der Waals surface area contributed by atoms with E-state index in [1.165, 1.54) is 0 Å². The molecule has 1 saturated heterocycles. The van der Waals surface area contributed by atoms with Crippen molar-refractivity contribution in [2.45, 2.75) is 12.3 Å². The summed E-state index contributed by atoms with van der Waals surface area (Å²) in [6, 6.07) is 11.8. The molecule has 1 aliphatic rings. The number of carbonyl (C=O) groups is 1. The summed E-state index contributed by atoms with van der Waals surface area (Å²) in [5.74, 6) is 5.50. The van der Waals surface area contributed by atoms with Gasteiger partial charge in [0.05, 0.1) is 0 Å². The molecule has 0 bridgehead atoms. The first-order valence-electron chi connectivity index (χ1n) is 6.91. The number of hydrogen-bond donors (Lipinski definition) is 4. The zero-order chi connectivity index (χ0) is 16.1. The van der Waals surface area contributed by atoms with Crippen LogP contribution < -0.4 is 21.1 Å². The molecule has 116 valence electrons. The van der Waals surface area contributed by atoms with Gasteiger partial charge < -0.3 is 9.84 Å². The number of aromatic nitrogens is 1. The van der Waals surface area contributed by atoms with Gasteiger partial charge in [0.15, 0.2) is 12.3 Å². The van der Waals surface area contributed by atoms with Crippen LogP contribution in [0.1, 0.15) is 11.3 Å². The highest BCUT2D eigenvalue weighted by Gasteiger charge is 2.34. The molecule has 0 spiro atoms. The molecule has 1 aliphatic heterocycles. The van der Waals surface area contributed by atoms with Gasteiger partial charge in [-0.3, -0.25) is 4.79 Å². The number of carboxylic acids is 1. The highest BCUT2D eigenvalue weighted by atomic mass is 16.5. The van der Waals surface area contributed by atoms with Crippen molar-refractivity contribution >= 4 is 5.97 Å². The van der Waals surface area contributed by atoms with E-state index < -0.39 is 18.2 Å². The van der Waals surface area contributed by atoms with Crippen LogP contribution in [0.15, 0.2) is 48.7 Å².